The van der Waals surface area contributed by atoms with Crippen LogP contribution >= 0.6 is 0 Å². The van der Waals surface area contributed by atoms with Crippen LogP contribution in [0.15, 0.2) is 24.5 Å². The summed E-state index contributed by atoms with van der Waals surface area (Å²) in [7, 11) is -3.39. The summed E-state index contributed by atoms with van der Waals surface area (Å²) in [4.78, 5) is 16.7. The summed E-state index contributed by atoms with van der Waals surface area (Å²) in [6, 6.07) is 2.72. The van der Waals surface area contributed by atoms with E-state index in [9.17, 15) is 13.2 Å². The number of aromatic nitrogens is 3. The Morgan fingerprint density at radius 1 is 1.42 bits per heavy atom. The zero-order valence-corrected chi connectivity index (χ0v) is 13.7. The van der Waals surface area contributed by atoms with Crippen LogP contribution in [0.1, 0.15) is 16.9 Å². The van der Waals surface area contributed by atoms with E-state index in [1.54, 1.807) is 18.3 Å². The summed E-state index contributed by atoms with van der Waals surface area (Å²) >= 11 is 0. The molecule has 1 saturated carbocycles. The average molecular weight is 351 g/mol. The van der Waals surface area contributed by atoms with Gasteiger partial charge in [-0.25, -0.2) is 22.6 Å². The molecular weight excluding hydrogens is 334 g/mol. The Morgan fingerprint density at radius 3 is 3.04 bits per heavy atom. The topological polar surface area (TPSA) is 115 Å². The van der Waals surface area contributed by atoms with Crippen molar-refractivity contribution in [1.82, 2.24) is 24.6 Å². The highest BCUT2D eigenvalue weighted by Gasteiger charge is 2.55. The van der Waals surface area contributed by atoms with E-state index in [1.807, 2.05) is 0 Å². The largest absolute Gasteiger partial charge is 0.376 e. The average Bonchev–Trinajstić information content (AvgIpc) is 3.14. The highest BCUT2D eigenvalue weighted by atomic mass is 32.2. The van der Waals surface area contributed by atoms with Gasteiger partial charge in [-0.3, -0.25) is 4.79 Å². The number of imidazole rings is 1. The van der Waals surface area contributed by atoms with Crippen molar-refractivity contribution in [2.45, 2.75) is 24.6 Å². The number of nitrogens with one attached hydrogen (secondary N) is 2. The molecule has 4 rings (SSSR count). The Labute approximate surface area is 138 Å². The first-order valence-corrected chi connectivity index (χ1v) is 9.52. The number of amides is 1. The smallest absolute Gasteiger partial charge is 0.271 e. The first-order chi connectivity index (χ1) is 11.4. The number of rotatable bonds is 4. The maximum absolute atomic E-state index is 12.6. The second kappa shape index (κ2) is 5.50. The van der Waals surface area contributed by atoms with Crippen molar-refractivity contribution in [3.8, 4) is 0 Å². The fourth-order valence-electron chi connectivity index (χ4n) is 3.50. The minimum absolute atomic E-state index is 0.111. The van der Waals surface area contributed by atoms with Gasteiger partial charge in [0, 0.05) is 18.7 Å². The third kappa shape index (κ3) is 2.56. The molecule has 2 aliphatic rings. The van der Waals surface area contributed by atoms with Gasteiger partial charge >= 0.3 is 0 Å². The SMILES string of the molecule is CS(=O)(=O)N[C@H]1[C@H](NC(=O)c2cnc3cccnn23)[C@@H]2CCO[C@@H]21. The molecule has 1 saturated heterocycles. The Bertz CT molecular complexity index is 895. The van der Waals surface area contributed by atoms with Crippen LogP contribution < -0.4 is 10.0 Å². The molecule has 128 valence electrons. The zero-order chi connectivity index (χ0) is 16.9. The molecule has 1 aliphatic heterocycles. The molecule has 2 aromatic rings. The van der Waals surface area contributed by atoms with Gasteiger partial charge in [-0.1, -0.05) is 0 Å². The van der Waals surface area contributed by atoms with Crippen LogP contribution in [0.3, 0.4) is 0 Å². The first-order valence-electron chi connectivity index (χ1n) is 7.62. The second-order valence-electron chi connectivity index (χ2n) is 6.14. The van der Waals surface area contributed by atoms with E-state index in [-0.39, 0.29) is 24.0 Å². The number of ether oxygens (including phenoxy) is 1. The summed E-state index contributed by atoms with van der Waals surface area (Å²) in [6.45, 7) is 0.570. The molecule has 2 aromatic heterocycles. The molecule has 0 spiro atoms. The first kappa shape index (κ1) is 15.5. The van der Waals surface area contributed by atoms with Crippen molar-refractivity contribution < 1.29 is 17.9 Å². The minimum Gasteiger partial charge on any atom is -0.376 e. The molecule has 4 atom stereocenters. The number of fused-ring (bicyclic) bond motifs is 2. The third-order valence-corrected chi connectivity index (χ3v) is 5.24. The van der Waals surface area contributed by atoms with Crippen LogP contribution in [-0.4, -0.2) is 60.0 Å². The molecule has 3 heterocycles. The lowest BCUT2D eigenvalue weighted by Crippen LogP contribution is -2.70. The monoisotopic (exact) mass is 351 g/mol. The number of carbonyl (C=O) groups is 1. The second-order valence-corrected chi connectivity index (χ2v) is 7.92. The van der Waals surface area contributed by atoms with Crippen molar-refractivity contribution in [2.24, 2.45) is 5.92 Å². The predicted octanol–water partition coefficient (Wildman–Crippen LogP) is -0.836. The number of carbonyl (C=O) groups excluding carboxylic acids is 1. The zero-order valence-electron chi connectivity index (χ0n) is 12.9. The van der Waals surface area contributed by atoms with Crippen LogP contribution in [0, 0.1) is 5.92 Å². The lowest BCUT2D eigenvalue weighted by molar-refractivity contribution is -0.0194. The van der Waals surface area contributed by atoms with E-state index >= 15 is 0 Å². The minimum atomic E-state index is -3.39. The number of sulfonamides is 1. The van der Waals surface area contributed by atoms with Gasteiger partial charge in [0.25, 0.3) is 5.91 Å². The van der Waals surface area contributed by atoms with Gasteiger partial charge in [-0.2, -0.15) is 5.10 Å². The van der Waals surface area contributed by atoms with Gasteiger partial charge in [0.05, 0.1) is 30.6 Å². The van der Waals surface area contributed by atoms with Gasteiger partial charge in [0.15, 0.2) is 5.65 Å². The maximum atomic E-state index is 12.6. The third-order valence-electron chi connectivity index (χ3n) is 4.54. The molecule has 2 fully saturated rings. The molecule has 24 heavy (non-hydrogen) atoms. The number of nitrogens with zero attached hydrogens (tertiary/aromatic N) is 3. The van der Waals surface area contributed by atoms with E-state index in [1.165, 1.54) is 10.7 Å². The van der Waals surface area contributed by atoms with E-state index in [0.717, 1.165) is 12.7 Å². The molecule has 9 nitrogen and oxygen atoms in total. The van der Waals surface area contributed by atoms with Gasteiger partial charge in [-0.05, 0) is 18.6 Å². The standard InChI is InChI=1S/C14H17N5O4S/c1-24(21,22)18-12-11(8-4-6-23-13(8)12)17-14(20)9-7-15-10-3-2-5-16-19(9)10/h2-3,5,7-8,11-13,18H,4,6H2,1H3,(H,17,20)/t8-,11+,12-,13-/m0/s1. The van der Waals surface area contributed by atoms with E-state index < -0.39 is 16.1 Å². The normalized spacial score (nSPS) is 29.2. The van der Waals surface area contributed by atoms with Gasteiger partial charge < -0.3 is 10.1 Å². The Kier molecular flexibility index (Phi) is 3.55. The van der Waals surface area contributed by atoms with Crippen molar-refractivity contribution in [1.29, 1.82) is 0 Å². The van der Waals surface area contributed by atoms with Crippen molar-refractivity contribution >= 4 is 21.6 Å². The quantitative estimate of drug-likeness (QED) is 0.743. The van der Waals surface area contributed by atoms with E-state index in [4.69, 9.17) is 4.74 Å². The molecule has 0 unspecified atom stereocenters. The van der Waals surface area contributed by atoms with Gasteiger partial charge in [-0.15, -0.1) is 0 Å². The van der Waals surface area contributed by atoms with Crippen LogP contribution in [0.2, 0.25) is 0 Å². The fraction of sp³-hybridized carbons (Fsp3) is 0.500. The summed E-state index contributed by atoms with van der Waals surface area (Å²) in [6.07, 6.45) is 4.73. The molecule has 0 aromatic carbocycles. The summed E-state index contributed by atoms with van der Waals surface area (Å²) in [5.74, 6) is -0.225. The molecular formula is C14H17N5O4S. The van der Waals surface area contributed by atoms with Crippen LogP contribution in [0.4, 0.5) is 0 Å². The van der Waals surface area contributed by atoms with Gasteiger partial charge in [0.2, 0.25) is 10.0 Å². The van der Waals surface area contributed by atoms with Gasteiger partial charge in [0.1, 0.15) is 5.69 Å². The lowest BCUT2D eigenvalue weighted by Gasteiger charge is -2.47. The van der Waals surface area contributed by atoms with Crippen LogP contribution in [0.25, 0.3) is 5.65 Å². The van der Waals surface area contributed by atoms with Crippen LogP contribution in [0.5, 0.6) is 0 Å². The van der Waals surface area contributed by atoms with Crippen molar-refractivity contribution in [3.05, 3.63) is 30.2 Å². The number of hydrogen-bond acceptors (Lipinski definition) is 6. The Balaban J connectivity index is 1.56. The lowest BCUT2D eigenvalue weighted by atomic mass is 9.72. The van der Waals surface area contributed by atoms with Crippen molar-refractivity contribution in [2.75, 3.05) is 12.9 Å². The van der Waals surface area contributed by atoms with E-state index in [0.29, 0.717) is 17.9 Å². The highest BCUT2D eigenvalue weighted by Crippen LogP contribution is 2.39. The maximum Gasteiger partial charge on any atom is 0.271 e. The molecule has 10 heteroatoms. The summed E-state index contributed by atoms with van der Waals surface area (Å²) in [5, 5.41) is 7.02. The molecule has 0 radical (unpaired) electrons. The number of hydrogen-bond donors (Lipinski definition) is 2. The highest BCUT2D eigenvalue weighted by molar-refractivity contribution is 7.88. The molecule has 0 bridgehead atoms. The molecule has 1 amide bonds. The van der Waals surface area contributed by atoms with Crippen LogP contribution in [-0.2, 0) is 14.8 Å². The molecule has 2 N–H and O–H groups in total. The summed E-state index contributed by atoms with van der Waals surface area (Å²) < 4.78 is 32.7. The predicted molar refractivity (Wildman–Crippen MR) is 83.9 cm³/mol. The molecule has 1 aliphatic carbocycles. The van der Waals surface area contributed by atoms with E-state index in [2.05, 4.69) is 20.1 Å². The fourth-order valence-corrected chi connectivity index (χ4v) is 4.28. The Hall–Kier alpha value is -2.04. The van der Waals surface area contributed by atoms with Crippen molar-refractivity contribution in [3.63, 3.8) is 0 Å². The Morgan fingerprint density at radius 2 is 2.25 bits per heavy atom. The summed E-state index contributed by atoms with van der Waals surface area (Å²) in [5.41, 5.74) is 0.884.